The van der Waals surface area contributed by atoms with Crippen molar-refractivity contribution in [3.05, 3.63) is 47.3 Å². The minimum absolute atomic E-state index is 0. The highest BCUT2D eigenvalue weighted by molar-refractivity contribution is 7.18. The second kappa shape index (κ2) is 8.73. The van der Waals surface area contributed by atoms with Gasteiger partial charge in [-0.25, -0.2) is 4.79 Å². The first kappa shape index (κ1) is 21.2. The summed E-state index contributed by atoms with van der Waals surface area (Å²) in [6.45, 7) is 5.49. The van der Waals surface area contributed by atoms with E-state index in [-0.39, 0.29) is 35.8 Å². The number of urea groups is 1. The predicted octanol–water partition coefficient (Wildman–Crippen LogP) is 4.01. The number of hydrogen-bond donors (Lipinski definition) is 3. The molecule has 0 spiro atoms. The molecule has 6 nitrogen and oxygen atoms in total. The number of para-hydroxylation sites is 1. The molecule has 1 unspecified atom stereocenters. The van der Waals surface area contributed by atoms with Gasteiger partial charge in [0.15, 0.2) is 0 Å². The monoisotopic (exact) mass is 408 g/mol. The highest BCUT2D eigenvalue weighted by Gasteiger charge is 2.35. The van der Waals surface area contributed by atoms with Crippen LogP contribution in [-0.2, 0) is 0 Å². The molecule has 4 N–H and O–H groups in total. The Labute approximate surface area is 169 Å². The van der Waals surface area contributed by atoms with Crippen molar-refractivity contribution in [2.75, 3.05) is 23.7 Å². The zero-order chi connectivity index (χ0) is 18.7. The van der Waals surface area contributed by atoms with Gasteiger partial charge in [-0.3, -0.25) is 10.1 Å². The SMILES string of the molecule is CC1(C)CN(C(=O)c2ccc(NC(=O)Nc3ccccc3)s2)CCC1N.Cl. The molecule has 0 bridgehead atoms. The van der Waals surface area contributed by atoms with Gasteiger partial charge in [-0.1, -0.05) is 32.0 Å². The smallest absolute Gasteiger partial charge is 0.324 e. The first-order valence-electron chi connectivity index (χ1n) is 8.63. The Kier molecular flexibility index (Phi) is 6.86. The van der Waals surface area contributed by atoms with E-state index in [1.165, 1.54) is 11.3 Å². The van der Waals surface area contributed by atoms with Crippen LogP contribution in [0, 0.1) is 5.41 Å². The maximum Gasteiger partial charge on any atom is 0.324 e. The molecule has 3 amide bonds. The summed E-state index contributed by atoms with van der Waals surface area (Å²) < 4.78 is 0. The Bertz CT molecular complexity index is 794. The number of carbonyl (C=O) groups excluding carboxylic acids is 2. The topological polar surface area (TPSA) is 87.5 Å². The molecule has 1 aromatic carbocycles. The third kappa shape index (κ3) is 5.22. The van der Waals surface area contributed by atoms with Gasteiger partial charge >= 0.3 is 6.03 Å². The second-order valence-corrected chi connectivity index (χ2v) is 8.30. The van der Waals surface area contributed by atoms with Crippen molar-refractivity contribution in [3.63, 3.8) is 0 Å². The number of carbonyl (C=O) groups is 2. The van der Waals surface area contributed by atoms with Crippen LogP contribution in [0.5, 0.6) is 0 Å². The van der Waals surface area contributed by atoms with Crippen LogP contribution in [0.3, 0.4) is 0 Å². The molecule has 0 saturated carbocycles. The first-order chi connectivity index (χ1) is 12.3. The fraction of sp³-hybridized carbons (Fsp3) is 0.368. The van der Waals surface area contributed by atoms with Crippen molar-refractivity contribution < 1.29 is 9.59 Å². The van der Waals surface area contributed by atoms with Gasteiger partial charge in [0.2, 0.25) is 0 Å². The number of nitrogens with one attached hydrogen (secondary N) is 2. The summed E-state index contributed by atoms with van der Waals surface area (Å²) in [5.74, 6) is -0.00788. The van der Waals surface area contributed by atoms with Gasteiger partial charge in [0.05, 0.1) is 9.88 Å². The van der Waals surface area contributed by atoms with E-state index in [0.29, 0.717) is 28.7 Å². The Morgan fingerprint density at radius 2 is 1.85 bits per heavy atom. The van der Waals surface area contributed by atoms with Crippen molar-refractivity contribution in [2.45, 2.75) is 26.3 Å². The van der Waals surface area contributed by atoms with Crippen LogP contribution in [0.25, 0.3) is 0 Å². The zero-order valence-electron chi connectivity index (χ0n) is 15.4. The number of rotatable bonds is 3. The molecule has 1 aromatic heterocycles. The van der Waals surface area contributed by atoms with Crippen LogP contribution >= 0.6 is 23.7 Å². The van der Waals surface area contributed by atoms with Crippen molar-refractivity contribution in [3.8, 4) is 0 Å². The number of thiophene rings is 1. The van der Waals surface area contributed by atoms with Crippen LogP contribution in [0.15, 0.2) is 42.5 Å². The fourth-order valence-electron chi connectivity index (χ4n) is 3.02. The molecule has 0 aliphatic carbocycles. The number of halogens is 1. The second-order valence-electron chi connectivity index (χ2n) is 7.22. The van der Waals surface area contributed by atoms with E-state index in [1.807, 2.05) is 35.2 Å². The molecule has 1 fully saturated rings. The number of nitrogens with two attached hydrogens (primary N) is 1. The summed E-state index contributed by atoms with van der Waals surface area (Å²) in [7, 11) is 0. The number of hydrogen-bond acceptors (Lipinski definition) is 4. The third-order valence-electron chi connectivity index (χ3n) is 4.68. The van der Waals surface area contributed by atoms with Crippen LogP contribution < -0.4 is 16.4 Å². The van der Waals surface area contributed by atoms with Gasteiger partial charge in [-0.2, -0.15) is 0 Å². The van der Waals surface area contributed by atoms with E-state index >= 15 is 0 Å². The van der Waals surface area contributed by atoms with E-state index < -0.39 is 0 Å². The van der Waals surface area contributed by atoms with Crippen LogP contribution in [0.1, 0.15) is 29.9 Å². The summed E-state index contributed by atoms with van der Waals surface area (Å²) in [5.41, 5.74) is 6.76. The molecule has 0 radical (unpaired) electrons. The lowest BCUT2D eigenvalue weighted by molar-refractivity contribution is 0.0537. The predicted molar refractivity (Wildman–Crippen MR) is 113 cm³/mol. The van der Waals surface area contributed by atoms with Crippen LogP contribution in [0.2, 0.25) is 0 Å². The molecular formula is C19H25ClN4O2S. The fourth-order valence-corrected chi connectivity index (χ4v) is 3.89. The largest absolute Gasteiger partial charge is 0.337 e. The van der Waals surface area contributed by atoms with Crippen molar-refractivity contribution in [2.24, 2.45) is 11.1 Å². The first-order valence-corrected chi connectivity index (χ1v) is 9.44. The molecule has 8 heteroatoms. The minimum atomic E-state index is -0.331. The normalized spacial score (nSPS) is 18.3. The maximum absolute atomic E-state index is 12.8. The van der Waals surface area contributed by atoms with E-state index in [2.05, 4.69) is 24.5 Å². The van der Waals surface area contributed by atoms with Gasteiger partial charge < -0.3 is 16.0 Å². The highest BCUT2D eigenvalue weighted by atomic mass is 35.5. The van der Waals surface area contributed by atoms with Gasteiger partial charge in [0, 0.05) is 24.8 Å². The van der Waals surface area contributed by atoms with Crippen molar-refractivity contribution >= 4 is 46.4 Å². The Morgan fingerprint density at radius 3 is 2.52 bits per heavy atom. The van der Waals surface area contributed by atoms with E-state index in [4.69, 9.17) is 5.73 Å². The number of amides is 3. The average Bonchev–Trinajstić information content (AvgIpc) is 3.05. The summed E-state index contributed by atoms with van der Waals surface area (Å²) in [6, 6.07) is 12.5. The van der Waals surface area contributed by atoms with Gasteiger partial charge in [-0.05, 0) is 36.1 Å². The molecular weight excluding hydrogens is 384 g/mol. The lowest BCUT2D eigenvalue weighted by atomic mass is 9.79. The molecule has 27 heavy (non-hydrogen) atoms. The number of piperidine rings is 1. The third-order valence-corrected chi connectivity index (χ3v) is 5.67. The summed E-state index contributed by atoms with van der Waals surface area (Å²) in [6.07, 6.45) is 0.800. The van der Waals surface area contributed by atoms with Gasteiger partial charge in [0.25, 0.3) is 5.91 Å². The maximum atomic E-state index is 12.8. The molecule has 1 saturated heterocycles. The summed E-state index contributed by atoms with van der Waals surface area (Å²) in [4.78, 5) is 27.3. The van der Waals surface area contributed by atoms with Gasteiger partial charge in [0.1, 0.15) is 0 Å². The number of anilines is 2. The Hall–Kier alpha value is -2.09. The average molecular weight is 409 g/mol. The van der Waals surface area contributed by atoms with Crippen LogP contribution in [-0.4, -0.2) is 36.0 Å². The Balaban J connectivity index is 0.00000261. The van der Waals surface area contributed by atoms with E-state index in [0.717, 1.165) is 6.42 Å². The lowest BCUT2D eigenvalue weighted by Gasteiger charge is -2.42. The van der Waals surface area contributed by atoms with Gasteiger partial charge in [-0.15, -0.1) is 23.7 Å². The molecule has 1 aliphatic rings. The minimum Gasteiger partial charge on any atom is -0.337 e. The van der Waals surface area contributed by atoms with Crippen LogP contribution in [0.4, 0.5) is 15.5 Å². The standard InChI is InChI=1S/C19H24N4O2S.ClH/c1-19(2)12-23(11-10-15(19)20)17(24)14-8-9-16(26-14)22-18(25)21-13-6-4-3-5-7-13;/h3-9,15H,10-12,20H2,1-2H3,(H2,21,22,25);1H. The summed E-state index contributed by atoms with van der Waals surface area (Å²) in [5, 5.41) is 6.16. The molecule has 2 aromatic rings. The molecule has 1 atom stereocenters. The molecule has 146 valence electrons. The number of likely N-dealkylation sites (tertiary alicyclic amines) is 1. The van der Waals surface area contributed by atoms with E-state index in [1.54, 1.807) is 12.1 Å². The summed E-state index contributed by atoms with van der Waals surface area (Å²) >= 11 is 1.28. The number of nitrogens with zero attached hydrogens (tertiary/aromatic N) is 1. The molecule has 2 heterocycles. The number of benzene rings is 1. The zero-order valence-corrected chi connectivity index (χ0v) is 17.0. The highest BCUT2D eigenvalue weighted by Crippen LogP contribution is 2.30. The molecule has 3 rings (SSSR count). The quantitative estimate of drug-likeness (QED) is 0.716. The lowest BCUT2D eigenvalue weighted by Crippen LogP contribution is -2.53. The van der Waals surface area contributed by atoms with Crippen molar-refractivity contribution in [1.29, 1.82) is 0 Å². The van der Waals surface area contributed by atoms with Crippen molar-refractivity contribution in [1.82, 2.24) is 4.90 Å². The van der Waals surface area contributed by atoms with E-state index in [9.17, 15) is 9.59 Å². The Morgan fingerprint density at radius 1 is 1.15 bits per heavy atom. The molecule has 1 aliphatic heterocycles.